The van der Waals surface area contributed by atoms with Crippen LogP contribution in [0.2, 0.25) is 0 Å². The molecular weight excluding hydrogens is 284 g/mol. The first kappa shape index (κ1) is 17.7. The fraction of sp³-hybridized carbons (Fsp3) is 0.524. The Labute approximate surface area is 140 Å². The van der Waals surface area contributed by atoms with Gasteiger partial charge in [0.25, 0.3) is 0 Å². The summed E-state index contributed by atoms with van der Waals surface area (Å²) in [6, 6.07) is 4.02. The second kappa shape index (κ2) is 8.24. The lowest BCUT2D eigenvalue weighted by Gasteiger charge is -2.24. The van der Waals surface area contributed by atoms with E-state index in [-0.39, 0.29) is 5.92 Å². The number of phenolic OH excluding ortho intramolecular Hbond substituents is 1. The molecule has 23 heavy (non-hydrogen) atoms. The van der Waals surface area contributed by atoms with Crippen molar-refractivity contribution in [3.63, 3.8) is 0 Å². The lowest BCUT2D eigenvalue weighted by Crippen LogP contribution is -2.06. The summed E-state index contributed by atoms with van der Waals surface area (Å²) in [5, 5.41) is 10.6. The first-order chi connectivity index (χ1) is 11.0. The Hall–Kier alpha value is -1.70. The maximum atomic E-state index is 10.6. The molecule has 2 heteroatoms. The van der Waals surface area contributed by atoms with E-state index in [1.54, 1.807) is 0 Å². The molecule has 1 aromatic carbocycles. The average molecular weight is 314 g/mol. The number of aromatic hydroxyl groups is 1. The van der Waals surface area contributed by atoms with Crippen LogP contribution in [0.5, 0.6) is 11.5 Å². The summed E-state index contributed by atoms with van der Waals surface area (Å²) < 4.78 is 5.88. The summed E-state index contributed by atoms with van der Waals surface area (Å²) in [5.41, 5.74) is 3.47. The van der Waals surface area contributed by atoms with Crippen LogP contribution in [0.25, 0.3) is 0 Å². The van der Waals surface area contributed by atoms with Gasteiger partial charge in [0, 0.05) is 11.5 Å². The maximum Gasteiger partial charge on any atom is 0.134 e. The van der Waals surface area contributed by atoms with Crippen LogP contribution in [0, 0.1) is 0 Å². The number of phenols is 1. The Bertz CT molecular complexity index is 584. The Morgan fingerprint density at radius 1 is 1.35 bits per heavy atom. The van der Waals surface area contributed by atoms with Crippen molar-refractivity contribution in [3.8, 4) is 11.5 Å². The molecule has 0 aromatic heterocycles. The molecule has 0 saturated carbocycles. The molecule has 1 aromatic rings. The number of allylic oxidation sites excluding steroid dienone is 3. The molecule has 0 radical (unpaired) electrons. The summed E-state index contributed by atoms with van der Waals surface area (Å²) in [4.78, 5) is 0. The largest absolute Gasteiger partial charge is 0.507 e. The molecule has 0 heterocycles. The second-order valence-electron chi connectivity index (χ2n) is 6.80. The van der Waals surface area contributed by atoms with Crippen molar-refractivity contribution in [1.29, 1.82) is 0 Å². The SMILES string of the molecule is C=C(C)Oc1cc(CCCCC)cc(O)c1[C@@H]1C=C(C)CCC1. The second-order valence-corrected chi connectivity index (χ2v) is 6.80. The minimum absolute atomic E-state index is 0.239. The molecule has 0 amide bonds. The lowest BCUT2D eigenvalue weighted by molar-refractivity contribution is 0.405. The summed E-state index contributed by atoms with van der Waals surface area (Å²) in [6.07, 6.45) is 10.2. The van der Waals surface area contributed by atoms with Crippen LogP contribution in [0.1, 0.15) is 76.3 Å². The number of unbranched alkanes of at least 4 members (excludes halogenated alkanes) is 2. The van der Waals surface area contributed by atoms with E-state index in [2.05, 4.69) is 32.6 Å². The molecule has 0 saturated heterocycles. The van der Waals surface area contributed by atoms with Crippen molar-refractivity contribution in [2.75, 3.05) is 0 Å². The van der Waals surface area contributed by atoms with E-state index in [0.29, 0.717) is 11.5 Å². The molecular formula is C21H30O2. The molecule has 0 bridgehead atoms. The number of benzene rings is 1. The highest BCUT2D eigenvalue weighted by molar-refractivity contribution is 5.52. The van der Waals surface area contributed by atoms with E-state index in [9.17, 15) is 5.11 Å². The average Bonchev–Trinajstić information content (AvgIpc) is 2.46. The third kappa shape index (κ3) is 4.89. The molecule has 1 atom stereocenters. The highest BCUT2D eigenvalue weighted by Gasteiger charge is 2.22. The zero-order valence-electron chi connectivity index (χ0n) is 14.8. The van der Waals surface area contributed by atoms with Gasteiger partial charge in [0.1, 0.15) is 11.5 Å². The quantitative estimate of drug-likeness (QED) is 0.366. The molecule has 2 rings (SSSR count). The van der Waals surface area contributed by atoms with Gasteiger partial charge in [0.15, 0.2) is 0 Å². The number of hydrogen-bond acceptors (Lipinski definition) is 2. The van der Waals surface area contributed by atoms with Gasteiger partial charge < -0.3 is 9.84 Å². The first-order valence-corrected chi connectivity index (χ1v) is 8.87. The lowest BCUT2D eigenvalue weighted by atomic mass is 9.84. The van der Waals surface area contributed by atoms with E-state index >= 15 is 0 Å². The van der Waals surface area contributed by atoms with Crippen molar-refractivity contribution < 1.29 is 9.84 Å². The first-order valence-electron chi connectivity index (χ1n) is 8.87. The number of rotatable bonds is 7. The molecule has 0 aliphatic heterocycles. The molecule has 126 valence electrons. The van der Waals surface area contributed by atoms with Gasteiger partial charge in [-0.15, -0.1) is 0 Å². The van der Waals surface area contributed by atoms with Gasteiger partial charge in [-0.1, -0.05) is 38.0 Å². The van der Waals surface area contributed by atoms with Crippen LogP contribution >= 0.6 is 0 Å². The third-order valence-corrected chi connectivity index (χ3v) is 4.48. The highest BCUT2D eigenvalue weighted by atomic mass is 16.5. The summed E-state index contributed by atoms with van der Waals surface area (Å²) in [5.74, 6) is 2.04. The molecule has 1 N–H and O–H groups in total. The van der Waals surface area contributed by atoms with Crippen molar-refractivity contribution in [2.24, 2.45) is 0 Å². The van der Waals surface area contributed by atoms with Crippen LogP contribution in [-0.4, -0.2) is 5.11 Å². The Morgan fingerprint density at radius 2 is 2.13 bits per heavy atom. The molecule has 1 aliphatic carbocycles. The van der Waals surface area contributed by atoms with Gasteiger partial charge in [-0.25, -0.2) is 0 Å². The Morgan fingerprint density at radius 3 is 2.78 bits per heavy atom. The third-order valence-electron chi connectivity index (χ3n) is 4.48. The van der Waals surface area contributed by atoms with Crippen LogP contribution in [-0.2, 0) is 6.42 Å². The Balaban J connectivity index is 2.35. The zero-order valence-corrected chi connectivity index (χ0v) is 14.8. The van der Waals surface area contributed by atoms with E-state index in [4.69, 9.17) is 4.74 Å². The minimum Gasteiger partial charge on any atom is -0.507 e. The highest BCUT2D eigenvalue weighted by Crippen LogP contribution is 2.42. The Kier molecular flexibility index (Phi) is 6.32. The van der Waals surface area contributed by atoms with Gasteiger partial charge in [-0.3, -0.25) is 0 Å². The van der Waals surface area contributed by atoms with Crippen LogP contribution in [0.3, 0.4) is 0 Å². The number of ether oxygens (including phenoxy) is 1. The molecule has 1 aliphatic rings. The van der Waals surface area contributed by atoms with Crippen LogP contribution in [0.15, 0.2) is 36.1 Å². The van der Waals surface area contributed by atoms with Crippen molar-refractivity contribution in [1.82, 2.24) is 0 Å². The van der Waals surface area contributed by atoms with Gasteiger partial charge in [-0.2, -0.15) is 0 Å². The molecule has 0 spiro atoms. The normalized spacial score (nSPS) is 17.7. The van der Waals surface area contributed by atoms with E-state index < -0.39 is 0 Å². The summed E-state index contributed by atoms with van der Waals surface area (Å²) >= 11 is 0. The van der Waals surface area contributed by atoms with Gasteiger partial charge in [-0.05, 0) is 63.6 Å². The van der Waals surface area contributed by atoms with Gasteiger partial charge in [0.05, 0.1) is 5.76 Å². The smallest absolute Gasteiger partial charge is 0.134 e. The summed E-state index contributed by atoms with van der Waals surface area (Å²) in [7, 11) is 0. The fourth-order valence-electron chi connectivity index (χ4n) is 3.37. The standard InChI is InChI=1S/C21H30O2/c1-5-6-7-10-17-13-19(22)21(20(14-17)23-15(2)3)18-11-8-9-16(4)12-18/h12-14,18,22H,2,5-11H2,1,3-4H3/t18-/m0/s1. The van der Waals surface area contributed by atoms with Crippen molar-refractivity contribution >= 4 is 0 Å². The predicted octanol–water partition coefficient (Wildman–Crippen LogP) is 6.25. The van der Waals surface area contributed by atoms with Crippen molar-refractivity contribution in [3.05, 3.63) is 47.2 Å². The molecule has 0 fully saturated rings. The zero-order chi connectivity index (χ0) is 16.8. The van der Waals surface area contributed by atoms with E-state index in [0.717, 1.165) is 49.0 Å². The van der Waals surface area contributed by atoms with Gasteiger partial charge in [0.2, 0.25) is 0 Å². The van der Waals surface area contributed by atoms with Crippen LogP contribution in [0.4, 0.5) is 0 Å². The number of hydrogen-bond donors (Lipinski definition) is 1. The molecule has 2 nitrogen and oxygen atoms in total. The fourth-order valence-corrected chi connectivity index (χ4v) is 3.37. The van der Waals surface area contributed by atoms with E-state index in [1.165, 1.54) is 18.4 Å². The predicted molar refractivity (Wildman–Crippen MR) is 97.1 cm³/mol. The summed E-state index contributed by atoms with van der Waals surface area (Å²) in [6.45, 7) is 10.1. The minimum atomic E-state index is 0.239. The monoisotopic (exact) mass is 314 g/mol. The van der Waals surface area contributed by atoms with Gasteiger partial charge >= 0.3 is 0 Å². The van der Waals surface area contributed by atoms with Crippen LogP contribution < -0.4 is 4.74 Å². The molecule has 0 unspecified atom stereocenters. The van der Waals surface area contributed by atoms with E-state index in [1.807, 2.05) is 13.0 Å². The van der Waals surface area contributed by atoms with Crippen molar-refractivity contribution in [2.45, 2.75) is 71.6 Å². The number of aryl methyl sites for hydroxylation is 1. The topological polar surface area (TPSA) is 29.5 Å². The maximum absolute atomic E-state index is 10.6.